The first-order valence-electron chi connectivity index (χ1n) is 10.5. The lowest BCUT2D eigenvalue weighted by molar-refractivity contribution is 0.208. The molecule has 0 bridgehead atoms. The zero-order valence-electron chi connectivity index (χ0n) is 19.1. The third-order valence-electron chi connectivity index (χ3n) is 5.39. The van der Waals surface area contributed by atoms with Gasteiger partial charge < -0.3 is 29.3 Å². The van der Waals surface area contributed by atoms with E-state index in [-0.39, 0.29) is 6.03 Å². The van der Waals surface area contributed by atoms with Gasteiger partial charge in [-0.25, -0.2) is 19.7 Å². The van der Waals surface area contributed by atoms with Gasteiger partial charge in [-0.15, -0.1) is 0 Å². The number of anilines is 2. The Kier molecular flexibility index (Phi) is 6.48. The highest BCUT2D eigenvalue weighted by atomic mass is 16.5. The van der Waals surface area contributed by atoms with E-state index in [9.17, 15) is 4.79 Å². The number of carbonyl (C=O) groups is 1. The second kappa shape index (κ2) is 9.63. The monoisotopic (exact) mass is 453 g/mol. The number of hydrogen-bond donors (Lipinski definition) is 1. The van der Waals surface area contributed by atoms with Crippen molar-refractivity contribution < 1.29 is 19.0 Å². The third kappa shape index (κ3) is 4.76. The Morgan fingerprint density at radius 3 is 2.18 bits per heavy atom. The maximum atomic E-state index is 12.9. The van der Waals surface area contributed by atoms with Gasteiger partial charge in [-0.05, 0) is 6.92 Å². The number of aromatic nitrogens is 4. The smallest absolute Gasteiger partial charge is 0.321 e. The van der Waals surface area contributed by atoms with Crippen molar-refractivity contribution in [2.75, 3.05) is 57.7 Å². The lowest BCUT2D eigenvalue weighted by atomic mass is 10.2. The molecule has 0 unspecified atom stereocenters. The van der Waals surface area contributed by atoms with Crippen molar-refractivity contribution in [1.82, 2.24) is 24.4 Å². The van der Waals surface area contributed by atoms with Crippen LogP contribution >= 0.6 is 0 Å². The number of methoxy groups -OCH3 is 3. The average Bonchev–Trinajstić information content (AvgIpc) is 3.38. The molecule has 33 heavy (non-hydrogen) atoms. The molecule has 3 aromatic rings. The van der Waals surface area contributed by atoms with Crippen molar-refractivity contribution in [3.8, 4) is 23.1 Å². The number of aryl methyl sites for hydroxylation is 1. The fourth-order valence-electron chi connectivity index (χ4n) is 3.72. The predicted molar refractivity (Wildman–Crippen MR) is 123 cm³/mol. The molecule has 4 rings (SSSR count). The summed E-state index contributed by atoms with van der Waals surface area (Å²) in [6.45, 7) is 4.29. The van der Waals surface area contributed by atoms with Crippen LogP contribution in [-0.2, 0) is 0 Å². The van der Waals surface area contributed by atoms with E-state index in [0.717, 1.165) is 11.6 Å². The summed E-state index contributed by atoms with van der Waals surface area (Å²) in [5.41, 5.74) is 0.563. The molecule has 1 aromatic carbocycles. The number of nitrogens with one attached hydrogen (secondary N) is 1. The number of piperazine rings is 1. The topological polar surface area (TPSA) is 107 Å². The normalized spacial score (nSPS) is 13.6. The zero-order valence-corrected chi connectivity index (χ0v) is 19.1. The van der Waals surface area contributed by atoms with E-state index in [4.69, 9.17) is 14.2 Å². The molecular weight excluding hydrogens is 426 g/mol. The Morgan fingerprint density at radius 1 is 0.939 bits per heavy atom. The van der Waals surface area contributed by atoms with E-state index in [1.807, 2.05) is 23.8 Å². The Bertz CT molecular complexity index is 1090. The highest BCUT2D eigenvalue weighted by Gasteiger charge is 2.23. The fraction of sp³-hybridized carbons (Fsp3) is 0.364. The molecule has 0 atom stereocenters. The molecule has 11 nitrogen and oxygen atoms in total. The maximum Gasteiger partial charge on any atom is 0.321 e. The Balaban J connectivity index is 1.42. The number of urea groups is 1. The Morgan fingerprint density at radius 2 is 1.61 bits per heavy atom. The molecule has 0 aliphatic carbocycles. The van der Waals surface area contributed by atoms with Gasteiger partial charge in [0.25, 0.3) is 0 Å². The lowest BCUT2D eigenvalue weighted by Crippen LogP contribution is -2.50. The van der Waals surface area contributed by atoms with E-state index < -0.39 is 0 Å². The standard InChI is InChI=1S/C22H27N7O4/c1-15-24-19(13-20(25-15)29-6-5-23-14-29)27-7-9-28(10-8-27)22(30)26-16-11-17(31-2)21(33-4)18(12-16)32-3/h5-6,11-14H,7-10H2,1-4H3,(H,26,30). The van der Waals surface area contributed by atoms with E-state index >= 15 is 0 Å². The molecular formula is C22H27N7O4. The average molecular weight is 454 g/mol. The summed E-state index contributed by atoms with van der Waals surface area (Å²) in [7, 11) is 4.61. The van der Waals surface area contributed by atoms with Crippen LogP contribution in [0.3, 0.4) is 0 Å². The second-order valence-electron chi connectivity index (χ2n) is 7.42. The first-order chi connectivity index (χ1) is 16.0. The molecule has 1 saturated heterocycles. The summed E-state index contributed by atoms with van der Waals surface area (Å²) in [5, 5.41) is 2.92. The van der Waals surface area contributed by atoms with E-state index in [1.54, 1.807) is 29.6 Å². The largest absolute Gasteiger partial charge is 0.493 e. The number of benzene rings is 1. The van der Waals surface area contributed by atoms with Gasteiger partial charge in [0, 0.05) is 56.8 Å². The summed E-state index contributed by atoms with van der Waals surface area (Å²) in [6, 6.07) is 5.15. The van der Waals surface area contributed by atoms with Crippen LogP contribution < -0.4 is 24.4 Å². The highest BCUT2D eigenvalue weighted by molar-refractivity contribution is 5.90. The SMILES string of the molecule is COc1cc(NC(=O)N2CCN(c3cc(-n4ccnc4)nc(C)n3)CC2)cc(OC)c1OC. The molecule has 0 spiro atoms. The first kappa shape index (κ1) is 22.2. The third-order valence-corrected chi connectivity index (χ3v) is 5.39. The van der Waals surface area contributed by atoms with Crippen LogP contribution in [0.1, 0.15) is 5.82 Å². The molecule has 1 N–H and O–H groups in total. The van der Waals surface area contributed by atoms with Gasteiger partial charge in [-0.2, -0.15) is 0 Å². The number of rotatable bonds is 6. The minimum Gasteiger partial charge on any atom is -0.493 e. The Hall–Kier alpha value is -4.02. The van der Waals surface area contributed by atoms with E-state index in [2.05, 4.69) is 25.2 Å². The molecule has 0 saturated carbocycles. The van der Waals surface area contributed by atoms with Crippen LogP contribution in [0.15, 0.2) is 36.9 Å². The van der Waals surface area contributed by atoms with Crippen LogP contribution in [-0.4, -0.2) is 78.0 Å². The number of hydrogen-bond acceptors (Lipinski definition) is 8. The van der Waals surface area contributed by atoms with Crippen LogP contribution in [0.2, 0.25) is 0 Å². The number of carbonyl (C=O) groups excluding carboxylic acids is 1. The first-order valence-corrected chi connectivity index (χ1v) is 10.5. The summed E-state index contributed by atoms with van der Waals surface area (Å²) >= 11 is 0. The molecule has 1 aliphatic rings. The number of ether oxygens (including phenoxy) is 3. The van der Waals surface area contributed by atoms with Crippen molar-refractivity contribution >= 4 is 17.5 Å². The number of nitrogens with zero attached hydrogens (tertiary/aromatic N) is 6. The summed E-state index contributed by atoms with van der Waals surface area (Å²) < 4.78 is 17.9. The van der Waals surface area contributed by atoms with E-state index in [1.165, 1.54) is 21.3 Å². The number of amides is 2. The molecule has 1 fully saturated rings. The summed E-state index contributed by atoms with van der Waals surface area (Å²) in [4.78, 5) is 29.9. The van der Waals surface area contributed by atoms with Gasteiger partial charge in [0.05, 0.1) is 27.0 Å². The van der Waals surface area contributed by atoms with Crippen molar-refractivity contribution in [1.29, 1.82) is 0 Å². The second-order valence-corrected chi connectivity index (χ2v) is 7.42. The van der Waals surface area contributed by atoms with Crippen LogP contribution in [0.4, 0.5) is 16.3 Å². The number of imidazole rings is 1. The predicted octanol–water partition coefficient (Wildman–Crippen LogP) is 2.35. The molecule has 2 aromatic heterocycles. The van der Waals surface area contributed by atoms with Gasteiger partial charge >= 0.3 is 6.03 Å². The Labute approximate surface area is 191 Å². The minimum atomic E-state index is -0.193. The molecule has 11 heteroatoms. The molecule has 1 aliphatic heterocycles. The van der Waals surface area contributed by atoms with E-state index in [0.29, 0.717) is 54.9 Å². The molecule has 3 heterocycles. The highest BCUT2D eigenvalue weighted by Crippen LogP contribution is 2.40. The van der Waals surface area contributed by atoms with Gasteiger partial charge in [0.15, 0.2) is 11.5 Å². The lowest BCUT2D eigenvalue weighted by Gasteiger charge is -2.35. The molecule has 0 radical (unpaired) electrons. The zero-order chi connectivity index (χ0) is 23.4. The van der Waals surface area contributed by atoms with Crippen molar-refractivity contribution in [3.05, 3.63) is 42.7 Å². The van der Waals surface area contributed by atoms with Crippen molar-refractivity contribution in [2.24, 2.45) is 0 Å². The minimum absolute atomic E-state index is 0.193. The van der Waals surface area contributed by atoms with Crippen molar-refractivity contribution in [3.63, 3.8) is 0 Å². The summed E-state index contributed by atoms with van der Waals surface area (Å²) in [5.74, 6) is 3.70. The maximum absolute atomic E-state index is 12.9. The molecule has 174 valence electrons. The van der Waals surface area contributed by atoms with Gasteiger partial charge in [0.2, 0.25) is 5.75 Å². The molecule has 2 amide bonds. The fourth-order valence-corrected chi connectivity index (χ4v) is 3.72. The van der Waals surface area contributed by atoms with Crippen molar-refractivity contribution in [2.45, 2.75) is 6.92 Å². The van der Waals surface area contributed by atoms with Gasteiger partial charge in [0.1, 0.15) is 23.8 Å². The quantitative estimate of drug-likeness (QED) is 0.606. The van der Waals surface area contributed by atoms with Gasteiger partial charge in [-0.3, -0.25) is 4.57 Å². The van der Waals surface area contributed by atoms with Crippen LogP contribution in [0.25, 0.3) is 5.82 Å². The van der Waals surface area contributed by atoms with Crippen LogP contribution in [0.5, 0.6) is 17.2 Å². The van der Waals surface area contributed by atoms with Crippen LogP contribution in [0, 0.1) is 6.92 Å². The van der Waals surface area contributed by atoms with Gasteiger partial charge in [-0.1, -0.05) is 0 Å². The summed E-state index contributed by atoms with van der Waals surface area (Å²) in [6.07, 6.45) is 5.26.